The summed E-state index contributed by atoms with van der Waals surface area (Å²) in [5.74, 6) is 0.266. The molecule has 0 saturated carbocycles. The van der Waals surface area contributed by atoms with Crippen LogP contribution in [0.4, 0.5) is 4.79 Å². The summed E-state index contributed by atoms with van der Waals surface area (Å²) in [6.07, 6.45) is 0.780. The van der Waals surface area contributed by atoms with Gasteiger partial charge in [0, 0.05) is 12.5 Å². The molecule has 2 rings (SSSR count). The van der Waals surface area contributed by atoms with Crippen LogP contribution in [-0.4, -0.2) is 43.0 Å². The number of hydrogen-bond acceptors (Lipinski definition) is 6. The first-order chi connectivity index (χ1) is 9.76. The van der Waals surface area contributed by atoms with Gasteiger partial charge in [0.15, 0.2) is 10.7 Å². The second kappa shape index (κ2) is 5.92. The van der Waals surface area contributed by atoms with E-state index in [4.69, 9.17) is 9.47 Å². The number of ether oxygens (including phenoxy) is 2. The number of alkyl carbamates (subject to hydrolysis) is 1. The van der Waals surface area contributed by atoms with Crippen LogP contribution in [0, 0.1) is 5.92 Å². The largest absolute Gasteiger partial charge is 0.476 e. The van der Waals surface area contributed by atoms with Gasteiger partial charge in [-0.05, 0) is 20.8 Å². The molecule has 118 valence electrons. The Balaban J connectivity index is 1.89. The monoisotopic (exact) mass is 317 g/mol. The molecule has 1 N–H and O–H groups in total. The van der Waals surface area contributed by atoms with Gasteiger partial charge in [0.25, 0.3) is 0 Å². The lowest BCUT2D eigenvalue weighted by molar-refractivity contribution is 0.0503. The average molecular weight is 317 g/mol. The maximum Gasteiger partial charge on any atom is 0.407 e. The Hall–Kier alpha value is -1.77. The molecular weight excluding hydrogens is 298 g/mol. The Morgan fingerprint density at radius 1 is 1.57 bits per heavy atom. The van der Waals surface area contributed by atoms with E-state index >= 15 is 0 Å². The first-order valence-electron chi connectivity index (χ1n) is 6.56. The number of carbonyl (C=O) groups is 1. The van der Waals surface area contributed by atoms with Crippen LogP contribution in [0.25, 0.3) is 0 Å². The van der Waals surface area contributed by atoms with Gasteiger partial charge in [-0.2, -0.15) is 5.10 Å². The topological polar surface area (TPSA) is 99.5 Å². The lowest BCUT2D eigenvalue weighted by Gasteiger charge is -2.25. The summed E-state index contributed by atoms with van der Waals surface area (Å²) >= 11 is 0. The highest BCUT2D eigenvalue weighted by Crippen LogP contribution is 2.25. The molecule has 0 aliphatic carbocycles. The van der Waals surface area contributed by atoms with Crippen LogP contribution in [0.5, 0.6) is 5.88 Å². The first-order valence-corrected chi connectivity index (χ1v) is 7.74. The highest BCUT2D eigenvalue weighted by atomic mass is 32.2. The molecule has 1 aromatic heterocycles. The lowest BCUT2D eigenvalue weighted by Crippen LogP contribution is -2.39. The molecule has 1 aromatic rings. The van der Waals surface area contributed by atoms with Gasteiger partial charge in [-0.3, -0.25) is 0 Å². The predicted molar refractivity (Wildman–Crippen MR) is 74.0 cm³/mol. The number of rotatable bonds is 3. The molecule has 9 heteroatoms. The van der Waals surface area contributed by atoms with Crippen molar-refractivity contribution in [1.29, 1.82) is 0 Å². The number of hydrogen-bond donors (Lipinski definition) is 2. The van der Waals surface area contributed by atoms with Gasteiger partial charge in [-0.15, -0.1) is 0 Å². The maximum absolute atomic E-state index is 11.6. The van der Waals surface area contributed by atoms with Crippen molar-refractivity contribution in [3.63, 3.8) is 0 Å². The van der Waals surface area contributed by atoms with Crippen molar-refractivity contribution in [3.8, 4) is 5.88 Å². The van der Waals surface area contributed by atoms with Crippen molar-refractivity contribution < 1.29 is 22.7 Å². The third-order valence-corrected chi connectivity index (χ3v) is 3.49. The van der Waals surface area contributed by atoms with Crippen LogP contribution in [0.3, 0.4) is 0 Å². The van der Waals surface area contributed by atoms with Crippen molar-refractivity contribution in [2.45, 2.75) is 37.8 Å². The maximum atomic E-state index is 11.6. The molecule has 1 amide bonds. The number of amides is 1. The van der Waals surface area contributed by atoms with Gasteiger partial charge in [0.2, 0.25) is 5.88 Å². The zero-order chi connectivity index (χ0) is 15.6. The molecule has 1 atom stereocenters. The van der Waals surface area contributed by atoms with Crippen LogP contribution >= 0.6 is 0 Å². The predicted octanol–water partition coefficient (Wildman–Crippen LogP) is 0.387. The Morgan fingerprint density at radius 3 is 2.90 bits per heavy atom. The number of nitrogens with zero attached hydrogens (tertiary/aromatic N) is 2. The minimum Gasteiger partial charge on any atom is -0.476 e. The van der Waals surface area contributed by atoms with E-state index in [0.29, 0.717) is 19.7 Å². The highest BCUT2D eigenvalue weighted by molar-refractivity contribution is 7.72. The van der Waals surface area contributed by atoms with E-state index in [1.54, 1.807) is 20.8 Å². The van der Waals surface area contributed by atoms with Gasteiger partial charge in [-0.1, -0.05) is 0 Å². The normalized spacial score (nSPS) is 18.0. The fourth-order valence-electron chi connectivity index (χ4n) is 1.93. The Bertz CT molecular complexity index is 595. The molecule has 0 radical (unpaired) electrons. The lowest BCUT2D eigenvalue weighted by atomic mass is 10.1. The minimum absolute atomic E-state index is 0.00213. The molecule has 0 bridgehead atoms. The molecule has 8 nitrogen and oxygen atoms in total. The summed E-state index contributed by atoms with van der Waals surface area (Å²) in [6, 6.07) is 0. The van der Waals surface area contributed by atoms with E-state index in [1.165, 1.54) is 10.9 Å². The van der Waals surface area contributed by atoms with Crippen molar-refractivity contribution in [3.05, 3.63) is 6.20 Å². The van der Waals surface area contributed by atoms with Crippen molar-refractivity contribution in [2.75, 3.05) is 13.2 Å². The van der Waals surface area contributed by atoms with Crippen LogP contribution in [-0.2, 0) is 22.0 Å². The quantitative estimate of drug-likeness (QED) is 0.782. The van der Waals surface area contributed by atoms with Gasteiger partial charge >= 0.3 is 6.09 Å². The SMILES string of the molecule is CC(C)(C)OC(=O)NCC1COc2c([SH](=O)=O)cnn2C1. The van der Waals surface area contributed by atoms with Gasteiger partial charge in [0.1, 0.15) is 10.5 Å². The zero-order valence-corrected chi connectivity index (χ0v) is 13.1. The van der Waals surface area contributed by atoms with Gasteiger partial charge in [0.05, 0.1) is 19.3 Å². The minimum atomic E-state index is -2.72. The van der Waals surface area contributed by atoms with Crippen molar-refractivity contribution in [1.82, 2.24) is 15.1 Å². The smallest absolute Gasteiger partial charge is 0.407 e. The second-order valence-corrected chi connectivity index (χ2v) is 6.83. The first kappa shape index (κ1) is 15.6. The molecule has 0 spiro atoms. The Kier molecular flexibility index (Phi) is 4.40. The van der Waals surface area contributed by atoms with E-state index in [1.807, 2.05) is 0 Å². The Morgan fingerprint density at radius 2 is 2.29 bits per heavy atom. The zero-order valence-electron chi connectivity index (χ0n) is 12.2. The molecule has 2 heterocycles. The second-order valence-electron chi connectivity index (χ2n) is 5.83. The third-order valence-electron chi connectivity index (χ3n) is 2.79. The molecular formula is C12H19N3O5S. The van der Waals surface area contributed by atoms with E-state index in [9.17, 15) is 13.2 Å². The van der Waals surface area contributed by atoms with E-state index < -0.39 is 22.4 Å². The molecule has 0 saturated heterocycles. The summed E-state index contributed by atoms with van der Waals surface area (Å²) in [5.41, 5.74) is -0.545. The van der Waals surface area contributed by atoms with E-state index in [0.717, 1.165) is 0 Å². The molecule has 1 unspecified atom stereocenters. The van der Waals surface area contributed by atoms with Crippen LogP contribution in [0.15, 0.2) is 11.1 Å². The number of nitrogens with one attached hydrogen (secondary N) is 1. The van der Waals surface area contributed by atoms with Gasteiger partial charge < -0.3 is 14.8 Å². The molecule has 21 heavy (non-hydrogen) atoms. The van der Waals surface area contributed by atoms with Crippen LogP contribution < -0.4 is 10.1 Å². The van der Waals surface area contributed by atoms with Gasteiger partial charge in [-0.25, -0.2) is 17.9 Å². The summed E-state index contributed by atoms with van der Waals surface area (Å²) in [5, 5.41) is 6.65. The highest BCUT2D eigenvalue weighted by Gasteiger charge is 2.25. The number of carbonyl (C=O) groups excluding carboxylic acids is 1. The standard InChI is InChI=1S/C12H19N3O5S/c1-12(2,3)20-11(16)13-4-8-6-15-10(19-7-8)9(5-14-15)21(17)18/h5,8,21H,4,6-7H2,1-3H3,(H,13,16). The van der Waals surface area contributed by atoms with E-state index in [2.05, 4.69) is 10.4 Å². The summed E-state index contributed by atoms with van der Waals surface area (Å²) < 4.78 is 34.0. The average Bonchev–Trinajstić information content (AvgIpc) is 2.77. The van der Waals surface area contributed by atoms with E-state index in [-0.39, 0.29) is 16.7 Å². The molecule has 0 fully saturated rings. The molecule has 1 aliphatic heterocycles. The summed E-state index contributed by atoms with van der Waals surface area (Å²) in [4.78, 5) is 11.7. The van der Waals surface area contributed by atoms with Crippen molar-refractivity contribution >= 4 is 16.8 Å². The summed E-state index contributed by atoms with van der Waals surface area (Å²) in [7, 11) is -2.72. The fourth-order valence-corrected chi connectivity index (χ4v) is 2.41. The van der Waals surface area contributed by atoms with Crippen LogP contribution in [0.1, 0.15) is 20.8 Å². The number of fused-ring (bicyclic) bond motifs is 1. The number of thiol groups is 1. The van der Waals surface area contributed by atoms with Crippen LogP contribution in [0.2, 0.25) is 0 Å². The fraction of sp³-hybridized carbons (Fsp3) is 0.667. The third kappa shape index (κ3) is 4.10. The molecule has 1 aliphatic rings. The molecule has 0 aromatic carbocycles. The number of aromatic nitrogens is 2. The summed E-state index contributed by atoms with van der Waals surface area (Å²) in [6.45, 7) is 6.53. The van der Waals surface area contributed by atoms with Crippen molar-refractivity contribution in [2.24, 2.45) is 5.92 Å². The Labute approximate surface area is 124 Å².